The van der Waals surface area contributed by atoms with Crippen LogP contribution in [0.3, 0.4) is 0 Å². The van der Waals surface area contributed by atoms with Gasteiger partial charge in [0, 0.05) is 0 Å². The fourth-order valence-electron chi connectivity index (χ4n) is 0.709. The summed E-state index contributed by atoms with van der Waals surface area (Å²) in [6.45, 7) is 0. The monoisotopic (exact) mass is 314 g/mol. The number of rotatable bonds is 2. The van der Waals surface area contributed by atoms with E-state index in [2.05, 4.69) is 4.74 Å². The summed E-state index contributed by atoms with van der Waals surface area (Å²) < 4.78 is 39.7. The van der Waals surface area contributed by atoms with Gasteiger partial charge >= 0.3 is 86.6 Å². The van der Waals surface area contributed by atoms with Gasteiger partial charge in [0.15, 0.2) is 0 Å². The molecule has 70 valence electrons. The third-order valence-corrected chi connectivity index (χ3v) is 4.04. The molecule has 0 saturated carbocycles. The Balaban J connectivity index is 2.75. The molecule has 1 nitrogen and oxygen atoms in total. The molecular formula is C7H4F3OSSb. The molecule has 0 unspecified atom stereocenters. The van der Waals surface area contributed by atoms with Crippen LogP contribution in [0.2, 0.25) is 0 Å². The summed E-state index contributed by atoms with van der Waals surface area (Å²) >= 11 is -0.808. The van der Waals surface area contributed by atoms with Crippen molar-refractivity contribution in [1.82, 2.24) is 0 Å². The van der Waals surface area contributed by atoms with Crippen molar-refractivity contribution in [3.05, 3.63) is 24.3 Å². The zero-order valence-corrected chi connectivity index (χ0v) is 9.58. The van der Waals surface area contributed by atoms with Crippen LogP contribution in [0.4, 0.5) is 13.2 Å². The number of alkyl halides is 3. The van der Waals surface area contributed by atoms with E-state index in [-0.39, 0.29) is 5.75 Å². The molecule has 0 atom stereocenters. The molecule has 6 heteroatoms. The van der Waals surface area contributed by atoms with E-state index in [0.29, 0.717) is 0 Å². The standard InChI is InChI=1S/C7H4F3O.S.Sb/c8-7(9,10)11-6-4-2-1-3-5-6;;/h2-5H;;. The summed E-state index contributed by atoms with van der Waals surface area (Å²) in [6.07, 6.45) is -4.62. The Kier molecular flexibility index (Phi) is 3.68. The maximum absolute atomic E-state index is 11.7. The van der Waals surface area contributed by atoms with Gasteiger partial charge in [-0.3, -0.25) is 0 Å². The summed E-state index contributed by atoms with van der Waals surface area (Å²) in [5.41, 5.74) is 0. The van der Waals surface area contributed by atoms with Gasteiger partial charge in [0.1, 0.15) is 0 Å². The molecule has 0 aliphatic carbocycles. The third-order valence-electron chi connectivity index (χ3n) is 1.18. The van der Waals surface area contributed by atoms with Crippen molar-refractivity contribution in [2.75, 3.05) is 0 Å². The Bertz CT molecular complexity index is 296. The predicted molar refractivity (Wildman–Crippen MR) is 46.1 cm³/mol. The van der Waals surface area contributed by atoms with Crippen LogP contribution in [0.25, 0.3) is 0 Å². The fraction of sp³-hybridized carbons (Fsp3) is 0.143. The average molecular weight is 315 g/mol. The van der Waals surface area contributed by atoms with Crippen molar-refractivity contribution in [2.24, 2.45) is 0 Å². The molecule has 0 radical (unpaired) electrons. The number of hydrogen-bond acceptors (Lipinski definition) is 2. The van der Waals surface area contributed by atoms with E-state index < -0.39 is 26.0 Å². The van der Waals surface area contributed by atoms with Gasteiger partial charge in [-0.15, -0.1) is 0 Å². The molecule has 0 amide bonds. The van der Waals surface area contributed by atoms with E-state index in [1.165, 1.54) is 12.1 Å². The number of halogens is 3. The van der Waals surface area contributed by atoms with Crippen molar-refractivity contribution in [3.8, 4) is 5.75 Å². The first kappa shape index (κ1) is 10.9. The molecule has 1 rings (SSSR count). The minimum atomic E-state index is -4.62. The van der Waals surface area contributed by atoms with E-state index in [1.807, 2.05) is 0 Å². The molecule has 0 saturated heterocycles. The molecule has 0 fully saturated rings. The second-order valence-electron chi connectivity index (χ2n) is 2.13. The van der Waals surface area contributed by atoms with Crippen molar-refractivity contribution in [2.45, 2.75) is 6.36 Å². The first-order valence-electron chi connectivity index (χ1n) is 3.20. The summed E-state index contributed by atoms with van der Waals surface area (Å²) in [6, 6.07) is 5.71. The fourth-order valence-corrected chi connectivity index (χ4v) is 2.30. The van der Waals surface area contributed by atoms with E-state index in [9.17, 15) is 13.2 Å². The maximum atomic E-state index is 11.7. The van der Waals surface area contributed by atoms with Gasteiger partial charge in [0.05, 0.1) is 0 Å². The second kappa shape index (κ2) is 4.38. The normalized spacial score (nSPS) is 11.0. The molecule has 0 aliphatic heterocycles. The first-order chi connectivity index (χ1) is 6.01. The molecule has 1 aromatic carbocycles. The molecule has 13 heavy (non-hydrogen) atoms. The van der Waals surface area contributed by atoms with Gasteiger partial charge in [-0.1, -0.05) is 0 Å². The van der Waals surface area contributed by atoms with Crippen molar-refractivity contribution in [3.63, 3.8) is 0 Å². The molecule has 1 aromatic rings. The topological polar surface area (TPSA) is 9.23 Å². The molecule has 0 heterocycles. The van der Waals surface area contributed by atoms with E-state index in [1.54, 1.807) is 12.1 Å². The minimum absolute atomic E-state index is 0.198. The Hall–Kier alpha value is -0.152. The SMILES string of the molecule is FC(F)(F)Oc1cc[c]([Sb]=[S])cc1. The van der Waals surface area contributed by atoms with Crippen molar-refractivity contribution >= 4 is 32.4 Å². The first-order valence-corrected chi connectivity index (χ1v) is 7.97. The summed E-state index contributed by atoms with van der Waals surface area (Å²) in [4.78, 5) is 0. The quantitative estimate of drug-likeness (QED) is 0.773. The van der Waals surface area contributed by atoms with Crippen LogP contribution in [0.15, 0.2) is 24.3 Å². The number of hydrogen-bond donors (Lipinski definition) is 0. The molecular weight excluding hydrogens is 311 g/mol. The van der Waals surface area contributed by atoms with E-state index in [4.69, 9.17) is 9.19 Å². The van der Waals surface area contributed by atoms with Gasteiger partial charge in [-0.25, -0.2) is 0 Å². The molecule has 0 bridgehead atoms. The predicted octanol–water partition coefficient (Wildman–Crippen LogP) is 2.03. The Labute approximate surface area is 86.5 Å². The number of ether oxygens (including phenoxy) is 1. The van der Waals surface area contributed by atoms with Gasteiger partial charge in [0.2, 0.25) is 0 Å². The van der Waals surface area contributed by atoms with Crippen LogP contribution in [-0.2, 0) is 0 Å². The number of benzene rings is 1. The average Bonchev–Trinajstić information content (AvgIpc) is 2.03. The summed E-state index contributed by atoms with van der Waals surface area (Å²) in [5, 5.41) is 0. The van der Waals surface area contributed by atoms with Crippen LogP contribution in [0.5, 0.6) is 5.75 Å². The van der Waals surface area contributed by atoms with Crippen LogP contribution in [-0.4, -0.2) is 26.0 Å². The second-order valence-corrected chi connectivity index (χ2v) is 5.35. The summed E-state index contributed by atoms with van der Waals surface area (Å²) in [5.74, 6) is -0.198. The Morgan fingerprint density at radius 1 is 1.15 bits per heavy atom. The Morgan fingerprint density at radius 2 is 1.69 bits per heavy atom. The van der Waals surface area contributed by atoms with Gasteiger partial charge < -0.3 is 0 Å². The molecule has 0 aliphatic rings. The zero-order valence-electron chi connectivity index (χ0n) is 6.21. The van der Waals surface area contributed by atoms with Crippen LogP contribution < -0.4 is 8.25 Å². The molecule has 0 aromatic heterocycles. The van der Waals surface area contributed by atoms with Gasteiger partial charge in [0.25, 0.3) is 0 Å². The molecule has 0 spiro atoms. The zero-order chi connectivity index (χ0) is 9.90. The summed E-state index contributed by atoms with van der Waals surface area (Å²) in [7, 11) is 4.86. The van der Waals surface area contributed by atoms with Crippen molar-refractivity contribution < 1.29 is 17.9 Å². The third kappa shape index (κ3) is 4.05. The van der Waals surface area contributed by atoms with Crippen LogP contribution in [0, 0.1) is 0 Å². The van der Waals surface area contributed by atoms with Crippen molar-refractivity contribution in [1.29, 1.82) is 0 Å². The van der Waals surface area contributed by atoms with E-state index in [0.717, 1.165) is 3.51 Å². The Morgan fingerprint density at radius 3 is 2.08 bits per heavy atom. The molecule has 0 N–H and O–H groups in total. The van der Waals surface area contributed by atoms with Crippen LogP contribution >= 0.6 is 9.19 Å². The van der Waals surface area contributed by atoms with Gasteiger partial charge in [-0.2, -0.15) is 0 Å². The van der Waals surface area contributed by atoms with Crippen LogP contribution in [0.1, 0.15) is 0 Å². The van der Waals surface area contributed by atoms with E-state index >= 15 is 0 Å². The van der Waals surface area contributed by atoms with Gasteiger partial charge in [-0.05, 0) is 0 Å².